The van der Waals surface area contributed by atoms with Gasteiger partial charge in [-0.2, -0.15) is 0 Å². The van der Waals surface area contributed by atoms with Crippen LogP contribution in [0.5, 0.6) is 17.2 Å². The molecule has 27 heavy (non-hydrogen) atoms. The van der Waals surface area contributed by atoms with Crippen LogP contribution in [0, 0.1) is 6.92 Å². The SMILES string of the molecule is COc1cc(C(=O)Nc2nnc(-c3cccc(C)c3)o2)cc(OC)c1OC. The fraction of sp³-hybridized carbons (Fsp3) is 0.211. The normalized spacial score (nSPS) is 10.4. The van der Waals surface area contributed by atoms with Gasteiger partial charge in [-0.3, -0.25) is 10.1 Å². The zero-order valence-corrected chi connectivity index (χ0v) is 15.4. The zero-order valence-electron chi connectivity index (χ0n) is 15.4. The molecule has 2 aromatic carbocycles. The second-order valence-electron chi connectivity index (χ2n) is 5.65. The summed E-state index contributed by atoms with van der Waals surface area (Å²) in [5.74, 6) is 1.00. The number of aryl methyl sites for hydroxylation is 1. The number of anilines is 1. The lowest BCUT2D eigenvalue weighted by Gasteiger charge is -2.13. The van der Waals surface area contributed by atoms with Gasteiger partial charge in [0, 0.05) is 11.1 Å². The molecule has 0 fully saturated rings. The first-order valence-electron chi connectivity index (χ1n) is 8.07. The van der Waals surface area contributed by atoms with Crippen molar-refractivity contribution in [2.24, 2.45) is 0 Å². The smallest absolute Gasteiger partial charge is 0.322 e. The predicted molar refractivity (Wildman–Crippen MR) is 98.5 cm³/mol. The Bertz CT molecular complexity index is 942. The molecule has 1 heterocycles. The quantitative estimate of drug-likeness (QED) is 0.712. The Kier molecular flexibility index (Phi) is 5.25. The van der Waals surface area contributed by atoms with E-state index in [0.29, 0.717) is 28.7 Å². The van der Waals surface area contributed by atoms with Crippen molar-refractivity contribution >= 4 is 11.9 Å². The summed E-state index contributed by atoms with van der Waals surface area (Å²) in [6.07, 6.45) is 0. The van der Waals surface area contributed by atoms with Crippen molar-refractivity contribution in [1.29, 1.82) is 0 Å². The molecule has 3 rings (SSSR count). The number of amides is 1. The van der Waals surface area contributed by atoms with Crippen LogP contribution in [-0.4, -0.2) is 37.4 Å². The van der Waals surface area contributed by atoms with E-state index in [0.717, 1.165) is 11.1 Å². The molecule has 0 unspecified atom stereocenters. The standard InChI is InChI=1S/C19H19N3O5/c1-11-6-5-7-12(8-11)18-21-22-19(27-18)20-17(23)13-9-14(24-2)16(26-4)15(10-13)25-3/h5-10H,1-4H3,(H,20,22,23). The predicted octanol–water partition coefficient (Wildman–Crippen LogP) is 3.32. The number of hydrogen-bond donors (Lipinski definition) is 1. The summed E-state index contributed by atoms with van der Waals surface area (Å²) in [5.41, 5.74) is 2.13. The van der Waals surface area contributed by atoms with E-state index in [4.69, 9.17) is 18.6 Å². The number of aromatic nitrogens is 2. The lowest BCUT2D eigenvalue weighted by molar-refractivity contribution is 0.102. The summed E-state index contributed by atoms with van der Waals surface area (Å²) >= 11 is 0. The maximum Gasteiger partial charge on any atom is 0.322 e. The van der Waals surface area contributed by atoms with E-state index in [1.165, 1.54) is 33.5 Å². The molecule has 8 nitrogen and oxygen atoms in total. The lowest BCUT2D eigenvalue weighted by atomic mass is 10.1. The molecule has 0 aliphatic carbocycles. The highest BCUT2D eigenvalue weighted by atomic mass is 16.5. The third kappa shape index (κ3) is 3.84. The van der Waals surface area contributed by atoms with Crippen molar-refractivity contribution in [2.75, 3.05) is 26.6 Å². The van der Waals surface area contributed by atoms with Gasteiger partial charge in [0.2, 0.25) is 11.6 Å². The Morgan fingerprint density at radius 1 is 1.00 bits per heavy atom. The Morgan fingerprint density at radius 2 is 1.70 bits per heavy atom. The number of nitrogens with zero attached hydrogens (tertiary/aromatic N) is 2. The van der Waals surface area contributed by atoms with E-state index < -0.39 is 5.91 Å². The van der Waals surface area contributed by atoms with Crippen LogP contribution in [0.2, 0.25) is 0 Å². The van der Waals surface area contributed by atoms with Crippen molar-refractivity contribution in [2.45, 2.75) is 6.92 Å². The molecule has 140 valence electrons. The van der Waals surface area contributed by atoms with E-state index in [1.807, 2.05) is 31.2 Å². The minimum Gasteiger partial charge on any atom is -0.493 e. The van der Waals surface area contributed by atoms with Crippen LogP contribution in [0.1, 0.15) is 15.9 Å². The van der Waals surface area contributed by atoms with Gasteiger partial charge in [-0.05, 0) is 31.2 Å². The number of carbonyl (C=O) groups is 1. The highest BCUT2D eigenvalue weighted by Gasteiger charge is 2.19. The number of ether oxygens (including phenoxy) is 3. The largest absolute Gasteiger partial charge is 0.493 e. The van der Waals surface area contributed by atoms with Crippen LogP contribution in [0.25, 0.3) is 11.5 Å². The summed E-state index contributed by atoms with van der Waals surface area (Å²) in [5, 5.41) is 10.4. The van der Waals surface area contributed by atoms with E-state index in [9.17, 15) is 4.79 Å². The molecule has 1 N–H and O–H groups in total. The van der Waals surface area contributed by atoms with Gasteiger partial charge in [-0.1, -0.05) is 22.8 Å². The zero-order chi connectivity index (χ0) is 19.4. The number of benzene rings is 2. The molecular formula is C19H19N3O5. The van der Waals surface area contributed by atoms with Crippen molar-refractivity contribution in [3.8, 4) is 28.7 Å². The summed E-state index contributed by atoms with van der Waals surface area (Å²) in [4.78, 5) is 12.6. The lowest BCUT2D eigenvalue weighted by Crippen LogP contribution is -2.13. The van der Waals surface area contributed by atoms with E-state index in [2.05, 4.69) is 15.5 Å². The summed E-state index contributed by atoms with van der Waals surface area (Å²) in [6, 6.07) is 10.7. The van der Waals surface area contributed by atoms with Gasteiger partial charge in [0.05, 0.1) is 21.3 Å². The number of hydrogen-bond acceptors (Lipinski definition) is 7. The van der Waals surface area contributed by atoms with E-state index in [1.54, 1.807) is 0 Å². The van der Waals surface area contributed by atoms with Crippen LogP contribution in [0.15, 0.2) is 40.8 Å². The molecule has 0 atom stereocenters. The van der Waals surface area contributed by atoms with Gasteiger partial charge in [0.15, 0.2) is 11.5 Å². The van der Waals surface area contributed by atoms with Gasteiger partial charge >= 0.3 is 6.01 Å². The molecular weight excluding hydrogens is 350 g/mol. The fourth-order valence-corrected chi connectivity index (χ4v) is 2.55. The molecule has 0 spiro atoms. The second-order valence-corrected chi connectivity index (χ2v) is 5.65. The Morgan fingerprint density at radius 3 is 2.30 bits per heavy atom. The van der Waals surface area contributed by atoms with Gasteiger partial charge < -0.3 is 18.6 Å². The first kappa shape index (κ1) is 18.2. The summed E-state index contributed by atoms with van der Waals surface area (Å²) in [7, 11) is 4.45. The average molecular weight is 369 g/mol. The van der Waals surface area contributed by atoms with E-state index in [-0.39, 0.29) is 6.01 Å². The van der Waals surface area contributed by atoms with Gasteiger partial charge in [-0.15, -0.1) is 5.10 Å². The monoisotopic (exact) mass is 369 g/mol. The molecule has 1 aromatic heterocycles. The van der Waals surface area contributed by atoms with Crippen LogP contribution >= 0.6 is 0 Å². The number of methoxy groups -OCH3 is 3. The van der Waals surface area contributed by atoms with Gasteiger partial charge in [-0.25, -0.2) is 0 Å². The Labute approximate surface area is 156 Å². The Hall–Kier alpha value is -3.55. The number of nitrogens with one attached hydrogen (secondary N) is 1. The van der Waals surface area contributed by atoms with Crippen LogP contribution in [0.3, 0.4) is 0 Å². The number of rotatable bonds is 6. The molecule has 0 aliphatic heterocycles. The van der Waals surface area contributed by atoms with Crippen molar-refractivity contribution < 1.29 is 23.4 Å². The molecule has 1 amide bonds. The van der Waals surface area contributed by atoms with E-state index >= 15 is 0 Å². The topological polar surface area (TPSA) is 95.7 Å². The minimum absolute atomic E-state index is 0.00902. The summed E-state index contributed by atoms with van der Waals surface area (Å²) in [6.45, 7) is 1.97. The van der Waals surface area contributed by atoms with Crippen LogP contribution < -0.4 is 19.5 Å². The highest BCUT2D eigenvalue weighted by Crippen LogP contribution is 2.38. The minimum atomic E-state index is -0.450. The maximum atomic E-state index is 12.6. The van der Waals surface area contributed by atoms with Crippen LogP contribution in [0.4, 0.5) is 6.01 Å². The van der Waals surface area contributed by atoms with Crippen molar-refractivity contribution in [1.82, 2.24) is 10.2 Å². The molecule has 0 saturated heterocycles. The number of carbonyl (C=O) groups excluding carboxylic acids is 1. The van der Waals surface area contributed by atoms with Crippen LogP contribution in [-0.2, 0) is 0 Å². The van der Waals surface area contributed by atoms with Gasteiger partial charge in [0.1, 0.15) is 0 Å². The highest BCUT2D eigenvalue weighted by molar-refractivity contribution is 6.04. The molecule has 3 aromatic rings. The molecule has 0 saturated carbocycles. The molecule has 0 bridgehead atoms. The third-order valence-corrected chi connectivity index (χ3v) is 3.84. The second kappa shape index (κ2) is 7.77. The van der Waals surface area contributed by atoms with Gasteiger partial charge in [0.25, 0.3) is 5.91 Å². The average Bonchev–Trinajstić information content (AvgIpc) is 3.15. The van der Waals surface area contributed by atoms with Crippen molar-refractivity contribution in [3.05, 3.63) is 47.5 Å². The Balaban J connectivity index is 1.84. The maximum absolute atomic E-state index is 12.6. The first-order valence-corrected chi connectivity index (χ1v) is 8.07. The fourth-order valence-electron chi connectivity index (χ4n) is 2.55. The molecule has 0 aliphatic rings. The third-order valence-electron chi connectivity index (χ3n) is 3.84. The molecule has 0 radical (unpaired) electrons. The summed E-state index contributed by atoms with van der Waals surface area (Å²) < 4.78 is 21.3. The molecule has 8 heteroatoms. The van der Waals surface area contributed by atoms with Crippen molar-refractivity contribution in [3.63, 3.8) is 0 Å². The first-order chi connectivity index (χ1) is 13.0.